The van der Waals surface area contributed by atoms with Crippen LogP contribution in [0.4, 0.5) is 0 Å². The van der Waals surface area contributed by atoms with Gasteiger partial charge in [-0.1, -0.05) is 39.8 Å². The van der Waals surface area contributed by atoms with Crippen LogP contribution in [-0.2, 0) is 0 Å². The summed E-state index contributed by atoms with van der Waals surface area (Å²) in [5.74, 6) is 0. The van der Waals surface area contributed by atoms with Gasteiger partial charge in [0, 0.05) is 11.6 Å². The lowest BCUT2D eigenvalue weighted by Crippen LogP contribution is -2.59. The van der Waals surface area contributed by atoms with Crippen LogP contribution in [0.5, 0.6) is 0 Å². The average molecular weight is 226 g/mol. The number of nitrogens with zero attached hydrogens (tertiary/aromatic N) is 1. The third-order valence-corrected chi connectivity index (χ3v) is 3.72. The molecule has 1 N–H and O–H groups in total. The molecule has 16 heavy (non-hydrogen) atoms. The van der Waals surface area contributed by atoms with Gasteiger partial charge < -0.3 is 5.32 Å². The van der Waals surface area contributed by atoms with Crippen LogP contribution in [0.3, 0.4) is 0 Å². The molecule has 0 heterocycles. The first-order valence-electron chi connectivity index (χ1n) is 6.61. The lowest BCUT2D eigenvalue weighted by molar-refractivity contribution is 0.0833. The van der Waals surface area contributed by atoms with Gasteiger partial charge >= 0.3 is 0 Å². The molecule has 0 bridgehead atoms. The molecule has 2 nitrogen and oxygen atoms in total. The van der Waals surface area contributed by atoms with Gasteiger partial charge in [-0.05, 0) is 39.9 Å². The molecule has 0 spiro atoms. The standard InChI is InChI=1S/C14H30N2/c1-8-14(7,16(10-3)11-4)13(12(5)6)15-9-2/h13,15H,5,8-11H2,1-4,6-7H3. The molecule has 0 saturated heterocycles. The number of rotatable bonds is 8. The van der Waals surface area contributed by atoms with Crippen LogP contribution in [0.2, 0.25) is 0 Å². The molecule has 0 aliphatic heterocycles. The zero-order valence-electron chi connectivity index (χ0n) is 12.1. The van der Waals surface area contributed by atoms with Crippen LogP contribution in [0.1, 0.15) is 48.0 Å². The van der Waals surface area contributed by atoms with Gasteiger partial charge in [0.05, 0.1) is 0 Å². The Morgan fingerprint density at radius 1 is 1.25 bits per heavy atom. The molecule has 2 heteroatoms. The van der Waals surface area contributed by atoms with E-state index in [1.54, 1.807) is 0 Å². The summed E-state index contributed by atoms with van der Waals surface area (Å²) in [5, 5.41) is 3.58. The van der Waals surface area contributed by atoms with E-state index in [1.807, 2.05) is 0 Å². The van der Waals surface area contributed by atoms with Crippen molar-refractivity contribution < 1.29 is 0 Å². The molecule has 0 saturated carbocycles. The lowest BCUT2D eigenvalue weighted by atomic mass is 9.83. The van der Waals surface area contributed by atoms with E-state index in [0.29, 0.717) is 6.04 Å². The fraction of sp³-hybridized carbons (Fsp3) is 0.857. The maximum atomic E-state index is 4.15. The molecule has 0 radical (unpaired) electrons. The fourth-order valence-corrected chi connectivity index (χ4v) is 2.69. The first kappa shape index (κ1) is 15.7. The summed E-state index contributed by atoms with van der Waals surface area (Å²) < 4.78 is 0. The zero-order valence-corrected chi connectivity index (χ0v) is 12.1. The maximum Gasteiger partial charge on any atom is 0.0458 e. The molecule has 0 aromatic carbocycles. The minimum absolute atomic E-state index is 0.172. The molecule has 0 fully saturated rings. The maximum absolute atomic E-state index is 4.15. The third-order valence-electron chi connectivity index (χ3n) is 3.72. The zero-order chi connectivity index (χ0) is 12.8. The normalized spacial score (nSPS) is 17.2. The summed E-state index contributed by atoms with van der Waals surface area (Å²) in [5.41, 5.74) is 1.41. The van der Waals surface area contributed by atoms with Gasteiger partial charge in [-0.15, -0.1) is 0 Å². The van der Waals surface area contributed by atoms with Crippen molar-refractivity contribution in [3.8, 4) is 0 Å². The third kappa shape index (κ3) is 3.33. The van der Waals surface area contributed by atoms with E-state index in [-0.39, 0.29) is 5.54 Å². The predicted octanol–water partition coefficient (Wildman–Crippen LogP) is 3.05. The second-order valence-electron chi connectivity index (χ2n) is 4.72. The Bertz CT molecular complexity index is 209. The summed E-state index contributed by atoms with van der Waals surface area (Å²) in [6.45, 7) is 20.7. The highest BCUT2D eigenvalue weighted by molar-refractivity contribution is 5.13. The van der Waals surface area contributed by atoms with E-state index in [9.17, 15) is 0 Å². The molecular weight excluding hydrogens is 196 g/mol. The first-order chi connectivity index (χ1) is 7.47. The Hall–Kier alpha value is -0.340. The molecule has 0 aliphatic rings. The average Bonchev–Trinajstić information content (AvgIpc) is 2.26. The highest BCUT2D eigenvalue weighted by Crippen LogP contribution is 2.27. The van der Waals surface area contributed by atoms with E-state index < -0.39 is 0 Å². The molecule has 0 rings (SSSR count). The van der Waals surface area contributed by atoms with Crippen molar-refractivity contribution >= 4 is 0 Å². The Morgan fingerprint density at radius 2 is 1.75 bits per heavy atom. The largest absolute Gasteiger partial charge is 0.309 e. The lowest BCUT2D eigenvalue weighted by Gasteiger charge is -2.46. The Morgan fingerprint density at radius 3 is 2.00 bits per heavy atom. The summed E-state index contributed by atoms with van der Waals surface area (Å²) in [6.07, 6.45) is 1.14. The van der Waals surface area contributed by atoms with Crippen molar-refractivity contribution in [3.05, 3.63) is 12.2 Å². The Balaban J connectivity index is 5.06. The summed E-state index contributed by atoms with van der Waals surface area (Å²) in [7, 11) is 0. The van der Waals surface area contributed by atoms with E-state index in [0.717, 1.165) is 26.1 Å². The van der Waals surface area contributed by atoms with Gasteiger partial charge in [0.15, 0.2) is 0 Å². The van der Waals surface area contributed by atoms with Crippen molar-refractivity contribution in [2.45, 2.75) is 59.5 Å². The fourth-order valence-electron chi connectivity index (χ4n) is 2.69. The Kier molecular flexibility index (Phi) is 6.93. The van der Waals surface area contributed by atoms with Crippen LogP contribution < -0.4 is 5.32 Å². The summed E-state index contributed by atoms with van der Waals surface area (Å²) >= 11 is 0. The summed E-state index contributed by atoms with van der Waals surface area (Å²) in [4.78, 5) is 2.54. The first-order valence-corrected chi connectivity index (χ1v) is 6.61. The molecule has 96 valence electrons. The number of nitrogens with one attached hydrogen (secondary N) is 1. The molecule has 0 aromatic heterocycles. The van der Waals surface area contributed by atoms with Gasteiger partial charge in [-0.25, -0.2) is 0 Å². The van der Waals surface area contributed by atoms with Crippen molar-refractivity contribution in [1.82, 2.24) is 10.2 Å². The van der Waals surface area contributed by atoms with E-state index >= 15 is 0 Å². The quantitative estimate of drug-likeness (QED) is 0.640. The van der Waals surface area contributed by atoms with Crippen LogP contribution in [0.25, 0.3) is 0 Å². The van der Waals surface area contributed by atoms with Gasteiger partial charge in [0.25, 0.3) is 0 Å². The second kappa shape index (κ2) is 7.08. The van der Waals surface area contributed by atoms with E-state index in [1.165, 1.54) is 5.57 Å². The molecular formula is C14H30N2. The summed E-state index contributed by atoms with van der Waals surface area (Å²) in [6, 6.07) is 0.377. The SMILES string of the molecule is C=C(C)C(NCC)C(C)(CC)N(CC)CC. The van der Waals surface area contributed by atoms with Crippen molar-refractivity contribution in [1.29, 1.82) is 0 Å². The smallest absolute Gasteiger partial charge is 0.0458 e. The van der Waals surface area contributed by atoms with Crippen LogP contribution in [0.15, 0.2) is 12.2 Å². The minimum Gasteiger partial charge on any atom is -0.309 e. The van der Waals surface area contributed by atoms with Gasteiger partial charge in [-0.3, -0.25) is 4.90 Å². The molecule has 2 unspecified atom stereocenters. The van der Waals surface area contributed by atoms with E-state index in [4.69, 9.17) is 0 Å². The van der Waals surface area contributed by atoms with Crippen molar-refractivity contribution in [2.24, 2.45) is 0 Å². The van der Waals surface area contributed by atoms with Crippen molar-refractivity contribution in [3.63, 3.8) is 0 Å². The number of hydrogen-bond acceptors (Lipinski definition) is 2. The highest BCUT2D eigenvalue weighted by Gasteiger charge is 2.36. The minimum atomic E-state index is 0.172. The molecule has 0 aliphatic carbocycles. The second-order valence-corrected chi connectivity index (χ2v) is 4.72. The molecule has 2 atom stereocenters. The van der Waals surface area contributed by atoms with Gasteiger partial charge in [0.1, 0.15) is 0 Å². The highest BCUT2D eigenvalue weighted by atomic mass is 15.2. The van der Waals surface area contributed by atoms with Crippen LogP contribution in [-0.4, -0.2) is 36.1 Å². The van der Waals surface area contributed by atoms with Crippen LogP contribution in [0, 0.1) is 0 Å². The number of hydrogen-bond donors (Lipinski definition) is 1. The molecule has 0 amide bonds. The van der Waals surface area contributed by atoms with Gasteiger partial charge in [-0.2, -0.15) is 0 Å². The van der Waals surface area contributed by atoms with Gasteiger partial charge in [0.2, 0.25) is 0 Å². The van der Waals surface area contributed by atoms with Crippen molar-refractivity contribution in [2.75, 3.05) is 19.6 Å². The Labute approximate surface area is 102 Å². The van der Waals surface area contributed by atoms with Crippen LogP contribution >= 0.6 is 0 Å². The topological polar surface area (TPSA) is 15.3 Å². The van der Waals surface area contributed by atoms with E-state index in [2.05, 4.69) is 58.3 Å². The predicted molar refractivity (Wildman–Crippen MR) is 73.9 cm³/mol. The number of likely N-dealkylation sites (N-methyl/N-ethyl adjacent to an activating group) is 2. The monoisotopic (exact) mass is 226 g/mol. The molecule has 0 aromatic rings.